The molecule has 5 nitrogen and oxygen atoms in total. The van der Waals surface area contributed by atoms with Crippen molar-refractivity contribution in [2.75, 3.05) is 37.6 Å². The van der Waals surface area contributed by atoms with E-state index < -0.39 is 0 Å². The van der Waals surface area contributed by atoms with E-state index in [9.17, 15) is 9.59 Å². The van der Waals surface area contributed by atoms with E-state index in [1.807, 2.05) is 30.3 Å². The Morgan fingerprint density at radius 2 is 1.47 bits per heavy atom. The van der Waals surface area contributed by atoms with Crippen LogP contribution in [0.2, 0.25) is 0 Å². The van der Waals surface area contributed by atoms with E-state index in [2.05, 4.69) is 48.8 Å². The van der Waals surface area contributed by atoms with Crippen molar-refractivity contribution in [1.82, 2.24) is 9.80 Å². The minimum atomic E-state index is -0.149. The summed E-state index contributed by atoms with van der Waals surface area (Å²) in [5.41, 5.74) is 5.83. The number of rotatable bonds is 7. The Bertz CT molecular complexity index is 1020. The van der Waals surface area contributed by atoms with Gasteiger partial charge in [0.25, 0.3) is 11.8 Å². The number of hydrogen-bond acceptors (Lipinski definition) is 4. The molecule has 0 atom stereocenters. The van der Waals surface area contributed by atoms with Crippen molar-refractivity contribution in [2.45, 2.75) is 40.0 Å². The summed E-state index contributed by atoms with van der Waals surface area (Å²) in [5, 5.41) is 0. The van der Waals surface area contributed by atoms with Gasteiger partial charge in [0, 0.05) is 38.4 Å². The van der Waals surface area contributed by atoms with Crippen LogP contribution >= 0.6 is 0 Å². The lowest BCUT2D eigenvalue weighted by molar-refractivity contribution is -0.137. The maximum atomic E-state index is 13.4. The Hall–Kier alpha value is -3.08. The van der Waals surface area contributed by atoms with E-state index in [1.54, 1.807) is 0 Å². The van der Waals surface area contributed by atoms with Gasteiger partial charge in [-0.25, -0.2) is 0 Å². The summed E-state index contributed by atoms with van der Waals surface area (Å²) in [7, 11) is 0. The zero-order chi connectivity index (χ0) is 22.7. The Morgan fingerprint density at radius 1 is 0.781 bits per heavy atom. The van der Waals surface area contributed by atoms with Crippen molar-refractivity contribution in [2.24, 2.45) is 0 Å². The van der Waals surface area contributed by atoms with Crippen LogP contribution in [0.4, 0.5) is 5.69 Å². The molecule has 1 saturated heterocycles. The zero-order valence-electron chi connectivity index (χ0n) is 19.4. The number of nitrogens with zero attached hydrogens (tertiary/aromatic N) is 3. The summed E-state index contributed by atoms with van der Waals surface area (Å²) in [6.07, 6.45) is 2.92. The monoisotopic (exact) mass is 431 g/mol. The highest BCUT2D eigenvalue weighted by atomic mass is 16.2. The van der Waals surface area contributed by atoms with Crippen LogP contribution in [0.5, 0.6) is 0 Å². The van der Waals surface area contributed by atoms with Crippen molar-refractivity contribution < 1.29 is 9.59 Å². The van der Waals surface area contributed by atoms with Crippen LogP contribution in [0, 0.1) is 13.8 Å². The molecule has 0 spiro atoms. The van der Waals surface area contributed by atoms with Crippen LogP contribution in [-0.2, 0) is 9.59 Å². The first-order valence-corrected chi connectivity index (χ1v) is 11.7. The molecular formula is C27H33N3O2. The molecule has 0 saturated carbocycles. The van der Waals surface area contributed by atoms with Gasteiger partial charge >= 0.3 is 0 Å². The van der Waals surface area contributed by atoms with Gasteiger partial charge in [0.1, 0.15) is 5.70 Å². The van der Waals surface area contributed by atoms with Gasteiger partial charge < -0.3 is 9.80 Å². The highest BCUT2D eigenvalue weighted by molar-refractivity contribution is 6.35. The number of unbranched alkanes of at least 4 members (excludes halogenated alkanes) is 2. The van der Waals surface area contributed by atoms with Crippen LogP contribution in [0.25, 0.3) is 5.57 Å². The lowest BCUT2D eigenvalue weighted by Gasteiger charge is -2.38. The molecule has 0 N–H and O–H groups in total. The second-order valence-corrected chi connectivity index (χ2v) is 8.75. The van der Waals surface area contributed by atoms with Gasteiger partial charge in [-0.3, -0.25) is 14.5 Å². The first-order valence-electron chi connectivity index (χ1n) is 11.7. The number of piperazine rings is 1. The number of carbonyl (C=O) groups excluding carboxylic acids is 2. The number of aryl methyl sites for hydroxylation is 1. The molecule has 2 aromatic rings. The molecule has 0 aromatic heterocycles. The highest BCUT2D eigenvalue weighted by Crippen LogP contribution is 2.33. The molecule has 2 heterocycles. The van der Waals surface area contributed by atoms with E-state index in [0.29, 0.717) is 17.8 Å². The lowest BCUT2D eigenvalue weighted by Crippen LogP contribution is -2.48. The highest BCUT2D eigenvalue weighted by Gasteiger charge is 2.41. The molecule has 2 aliphatic heterocycles. The number of amides is 2. The number of anilines is 1. The number of carbonyl (C=O) groups is 2. The standard InChI is InChI=1S/C27H33N3O2/c1-4-5-9-15-30-26(31)24(22-12-7-6-8-13-22)25(27(30)32)29-18-16-28(17-19-29)23-14-10-11-20(2)21(23)3/h6-8,10-14H,4-5,9,15-19H2,1-3H3. The summed E-state index contributed by atoms with van der Waals surface area (Å²) in [6.45, 7) is 10.0. The van der Waals surface area contributed by atoms with Crippen LogP contribution in [0.1, 0.15) is 42.9 Å². The average Bonchev–Trinajstić information content (AvgIpc) is 3.06. The van der Waals surface area contributed by atoms with Crippen molar-refractivity contribution in [3.8, 4) is 0 Å². The third kappa shape index (κ3) is 4.16. The molecule has 0 radical (unpaired) electrons. The third-order valence-electron chi connectivity index (χ3n) is 6.70. The Kier molecular flexibility index (Phi) is 6.63. The summed E-state index contributed by atoms with van der Waals surface area (Å²) >= 11 is 0. The van der Waals surface area contributed by atoms with Crippen molar-refractivity contribution in [1.29, 1.82) is 0 Å². The Labute approximate surface area is 191 Å². The SMILES string of the molecule is CCCCCN1C(=O)C(c2ccccc2)=C(N2CCN(c3cccc(C)c3C)CC2)C1=O. The zero-order valence-corrected chi connectivity index (χ0v) is 19.4. The van der Waals surface area contributed by atoms with Crippen LogP contribution in [0.15, 0.2) is 54.2 Å². The topological polar surface area (TPSA) is 43.9 Å². The smallest absolute Gasteiger partial charge is 0.277 e. The normalized spacial score (nSPS) is 17.0. The van der Waals surface area contributed by atoms with E-state index in [-0.39, 0.29) is 11.8 Å². The average molecular weight is 432 g/mol. The minimum Gasteiger partial charge on any atom is -0.368 e. The molecule has 2 aromatic carbocycles. The molecule has 2 amide bonds. The van der Waals surface area contributed by atoms with Gasteiger partial charge in [-0.15, -0.1) is 0 Å². The summed E-state index contributed by atoms with van der Waals surface area (Å²) in [6, 6.07) is 16.1. The number of benzene rings is 2. The second-order valence-electron chi connectivity index (χ2n) is 8.75. The molecular weight excluding hydrogens is 398 g/mol. The molecule has 0 unspecified atom stereocenters. The summed E-state index contributed by atoms with van der Waals surface area (Å²) in [4.78, 5) is 32.8. The second kappa shape index (κ2) is 9.60. The van der Waals surface area contributed by atoms with Crippen LogP contribution < -0.4 is 4.90 Å². The van der Waals surface area contributed by atoms with E-state index in [4.69, 9.17) is 0 Å². The first-order chi connectivity index (χ1) is 15.5. The molecule has 168 valence electrons. The Balaban J connectivity index is 1.59. The molecule has 4 rings (SSSR count). The predicted molar refractivity (Wildman–Crippen MR) is 129 cm³/mol. The predicted octanol–water partition coefficient (Wildman–Crippen LogP) is 4.40. The quantitative estimate of drug-likeness (QED) is 0.482. The van der Waals surface area contributed by atoms with E-state index >= 15 is 0 Å². The maximum absolute atomic E-state index is 13.4. The van der Waals surface area contributed by atoms with Gasteiger partial charge in [0.05, 0.1) is 5.57 Å². The van der Waals surface area contributed by atoms with Crippen molar-refractivity contribution in [3.63, 3.8) is 0 Å². The number of imide groups is 1. The largest absolute Gasteiger partial charge is 0.368 e. The first kappa shape index (κ1) is 22.1. The van der Waals surface area contributed by atoms with E-state index in [1.165, 1.54) is 21.7 Å². The van der Waals surface area contributed by atoms with Gasteiger partial charge in [-0.05, 0) is 43.0 Å². The minimum absolute atomic E-state index is 0.134. The van der Waals surface area contributed by atoms with Gasteiger partial charge in [0.2, 0.25) is 0 Å². The molecule has 5 heteroatoms. The van der Waals surface area contributed by atoms with Gasteiger partial charge in [-0.1, -0.05) is 62.2 Å². The number of hydrogen-bond donors (Lipinski definition) is 0. The van der Waals surface area contributed by atoms with E-state index in [0.717, 1.165) is 51.0 Å². The lowest BCUT2D eigenvalue weighted by atomic mass is 10.0. The van der Waals surface area contributed by atoms with Crippen molar-refractivity contribution >= 4 is 23.1 Å². The summed E-state index contributed by atoms with van der Waals surface area (Å²) in [5.74, 6) is -0.283. The third-order valence-corrected chi connectivity index (χ3v) is 6.70. The van der Waals surface area contributed by atoms with Gasteiger partial charge in [0.15, 0.2) is 0 Å². The van der Waals surface area contributed by atoms with Gasteiger partial charge in [-0.2, -0.15) is 0 Å². The molecule has 2 aliphatic rings. The molecule has 0 aliphatic carbocycles. The fourth-order valence-electron chi connectivity index (χ4n) is 4.69. The Morgan fingerprint density at radius 3 is 2.16 bits per heavy atom. The molecule has 0 bridgehead atoms. The van der Waals surface area contributed by atoms with Crippen LogP contribution in [-0.4, -0.2) is 54.3 Å². The molecule has 32 heavy (non-hydrogen) atoms. The summed E-state index contributed by atoms with van der Waals surface area (Å²) < 4.78 is 0. The fraction of sp³-hybridized carbons (Fsp3) is 0.407. The molecule has 1 fully saturated rings. The van der Waals surface area contributed by atoms with Crippen molar-refractivity contribution in [3.05, 3.63) is 70.9 Å². The van der Waals surface area contributed by atoms with Crippen LogP contribution in [0.3, 0.4) is 0 Å². The fourth-order valence-corrected chi connectivity index (χ4v) is 4.69. The maximum Gasteiger partial charge on any atom is 0.277 e.